The Morgan fingerprint density at radius 1 is 1.00 bits per heavy atom. The molecule has 0 unspecified atom stereocenters. The maximum Gasteiger partial charge on any atom is 0.203 e. The summed E-state index contributed by atoms with van der Waals surface area (Å²) < 4.78 is 16.1. The molecule has 5 nitrogen and oxygen atoms in total. The monoisotopic (exact) mass is 324 g/mol. The highest BCUT2D eigenvalue weighted by Crippen LogP contribution is 2.40. The zero-order valence-electron chi connectivity index (χ0n) is 14.0. The van der Waals surface area contributed by atoms with E-state index in [4.69, 9.17) is 14.2 Å². The molecule has 0 radical (unpaired) electrons. The SMILES string of the molecule is COc1ccc(CC(C#N)=CNc2ccccc2)c(OC)c1OC. The average molecular weight is 324 g/mol. The van der Waals surface area contributed by atoms with Gasteiger partial charge in [0.25, 0.3) is 0 Å². The predicted octanol–water partition coefficient (Wildman–Crippen LogP) is 3.77. The summed E-state index contributed by atoms with van der Waals surface area (Å²) in [5.41, 5.74) is 2.34. The van der Waals surface area contributed by atoms with Crippen LogP contribution >= 0.6 is 0 Å². The first-order valence-electron chi connectivity index (χ1n) is 7.42. The molecule has 0 bridgehead atoms. The first-order valence-corrected chi connectivity index (χ1v) is 7.42. The minimum Gasteiger partial charge on any atom is -0.493 e. The lowest BCUT2D eigenvalue weighted by atomic mass is 10.0. The van der Waals surface area contributed by atoms with Crippen LogP contribution in [0.25, 0.3) is 0 Å². The van der Waals surface area contributed by atoms with E-state index in [1.54, 1.807) is 33.6 Å². The maximum absolute atomic E-state index is 9.40. The van der Waals surface area contributed by atoms with E-state index in [0.29, 0.717) is 29.2 Å². The van der Waals surface area contributed by atoms with Gasteiger partial charge in [0, 0.05) is 29.4 Å². The number of allylic oxidation sites excluding steroid dienone is 1. The van der Waals surface area contributed by atoms with Crippen LogP contribution in [-0.4, -0.2) is 21.3 Å². The number of rotatable bonds is 7. The van der Waals surface area contributed by atoms with Crippen LogP contribution in [0.2, 0.25) is 0 Å². The molecule has 2 rings (SSSR count). The van der Waals surface area contributed by atoms with Crippen LogP contribution in [0.3, 0.4) is 0 Å². The van der Waals surface area contributed by atoms with Gasteiger partial charge in [-0.3, -0.25) is 0 Å². The number of hydrogen-bond donors (Lipinski definition) is 1. The van der Waals surface area contributed by atoms with E-state index in [2.05, 4.69) is 11.4 Å². The molecule has 2 aromatic carbocycles. The number of nitrogens with zero attached hydrogens (tertiary/aromatic N) is 1. The normalized spacial score (nSPS) is 10.7. The zero-order valence-corrected chi connectivity index (χ0v) is 14.0. The van der Waals surface area contributed by atoms with Gasteiger partial charge in [0.15, 0.2) is 11.5 Å². The molecule has 0 aromatic heterocycles. The van der Waals surface area contributed by atoms with Gasteiger partial charge in [-0.15, -0.1) is 0 Å². The maximum atomic E-state index is 9.40. The molecule has 2 aromatic rings. The molecule has 124 valence electrons. The number of anilines is 1. The van der Waals surface area contributed by atoms with E-state index in [9.17, 15) is 5.26 Å². The van der Waals surface area contributed by atoms with Gasteiger partial charge < -0.3 is 19.5 Å². The second kappa shape index (κ2) is 8.49. The molecule has 0 saturated carbocycles. The number of nitrogens with one attached hydrogen (secondary N) is 1. The Morgan fingerprint density at radius 2 is 1.71 bits per heavy atom. The number of para-hydroxylation sites is 1. The molecule has 0 aliphatic carbocycles. The fourth-order valence-electron chi connectivity index (χ4n) is 2.34. The lowest BCUT2D eigenvalue weighted by molar-refractivity contribution is 0.322. The number of ether oxygens (including phenoxy) is 3. The molecule has 0 aliphatic rings. The van der Waals surface area contributed by atoms with Gasteiger partial charge in [-0.25, -0.2) is 0 Å². The van der Waals surface area contributed by atoms with Crippen molar-refractivity contribution in [1.29, 1.82) is 5.26 Å². The van der Waals surface area contributed by atoms with Crippen LogP contribution in [0.4, 0.5) is 5.69 Å². The van der Waals surface area contributed by atoms with Crippen LogP contribution in [0.15, 0.2) is 54.2 Å². The fraction of sp³-hybridized carbons (Fsp3) is 0.211. The van der Waals surface area contributed by atoms with Crippen molar-refractivity contribution in [3.8, 4) is 23.3 Å². The van der Waals surface area contributed by atoms with Gasteiger partial charge in [-0.1, -0.05) is 24.3 Å². The highest BCUT2D eigenvalue weighted by atomic mass is 16.5. The van der Waals surface area contributed by atoms with Crippen LogP contribution in [0.5, 0.6) is 17.2 Å². The predicted molar refractivity (Wildman–Crippen MR) is 93.6 cm³/mol. The summed E-state index contributed by atoms with van der Waals surface area (Å²) in [5.74, 6) is 1.67. The Labute approximate surface area is 142 Å². The number of hydrogen-bond acceptors (Lipinski definition) is 5. The standard InChI is InChI=1S/C19H20N2O3/c1-22-17-10-9-15(18(23-2)19(17)24-3)11-14(12-20)13-21-16-7-5-4-6-8-16/h4-10,13,21H,11H2,1-3H3. The summed E-state index contributed by atoms with van der Waals surface area (Å²) in [6.45, 7) is 0. The summed E-state index contributed by atoms with van der Waals surface area (Å²) >= 11 is 0. The summed E-state index contributed by atoms with van der Waals surface area (Å²) in [6, 6.07) is 15.5. The highest BCUT2D eigenvalue weighted by Gasteiger charge is 2.16. The topological polar surface area (TPSA) is 63.5 Å². The lowest BCUT2D eigenvalue weighted by Gasteiger charge is -2.15. The van der Waals surface area contributed by atoms with E-state index in [1.807, 2.05) is 36.4 Å². The third-order valence-corrected chi connectivity index (χ3v) is 3.50. The summed E-state index contributed by atoms with van der Waals surface area (Å²) in [4.78, 5) is 0. The average Bonchev–Trinajstić information content (AvgIpc) is 2.65. The van der Waals surface area contributed by atoms with Crippen LogP contribution in [0, 0.1) is 11.3 Å². The minimum absolute atomic E-state index is 0.417. The molecule has 0 aliphatic heterocycles. The van der Waals surface area contributed by atoms with Gasteiger partial charge in [-0.2, -0.15) is 5.26 Å². The van der Waals surface area contributed by atoms with E-state index in [-0.39, 0.29) is 0 Å². The third-order valence-electron chi connectivity index (χ3n) is 3.50. The molecule has 0 fully saturated rings. The van der Waals surface area contributed by atoms with Crippen molar-refractivity contribution >= 4 is 5.69 Å². The van der Waals surface area contributed by atoms with Gasteiger partial charge in [0.05, 0.1) is 27.4 Å². The lowest BCUT2D eigenvalue weighted by Crippen LogP contribution is -2.01. The molecule has 0 spiro atoms. The van der Waals surface area contributed by atoms with E-state index in [0.717, 1.165) is 11.3 Å². The summed E-state index contributed by atoms with van der Waals surface area (Å²) in [6.07, 6.45) is 2.12. The van der Waals surface area contributed by atoms with Crippen molar-refractivity contribution in [3.05, 3.63) is 59.8 Å². The summed E-state index contributed by atoms with van der Waals surface area (Å²) in [5, 5.41) is 12.5. The Kier molecular flexibility index (Phi) is 6.09. The van der Waals surface area contributed by atoms with Crippen molar-refractivity contribution in [2.45, 2.75) is 6.42 Å². The van der Waals surface area contributed by atoms with Crippen molar-refractivity contribution in [2.24, 2.45) is 0 Å². The first-order chi connectivity index (χ1) is 11.7. The minimum atomic E-state index is 0.417. The quantitative estimate of drug-likeness (QED) is 0.785. The Hall–Kier alpha value is -3.13. The Morgan fingerprint density at radius 3 is 2.29 bits per heavy atom. The molecular weight excluding hydrogens is 304 g/mol. The van der Waals surface area contributed by atoms with E-state index < -0.39 is 0 Å². The van der Waals surface area contributed by atoms with Crippen molar-refractivity contribution < 1.29 is 14.2 Å². The van der Waals surface area contributed by atoms with Gasteiger partial charge in [0.1, 0.15) is 0 Å². The number of nitriles is 1. The van der Waals surface area contributed by atoms with Crippen molar-refractivity contribution in [3.63, 3.8) is 0 Å². The number of methoxy groups -OCH3 is 3. The molecule has 24 heavy (non-hydrogen) atoms. The second-order valence-electron chi connectivity index (χ2n) is 4.96. The number of benzene rings is 2. The van der Waals surface area contributed by atoms with Gasteiger partial charge in [-0.05, 0) is 18.2 Å². The Bertz CT molecular complexity index is 749. The highest BCUT2D eigenvalue weighted by molar-refractivity contribution is 5.57. The van der Waals surface area contributed by atoms with E-state index >= 15 is 0 Å². The summed E-state index contributed by atoms with van der Waals surface area (Å²) in [7, 11) is 4.70. The van der Waals surface area contributed by atoms with Crippen LogP contribution in [-0.2, 0) is 6.42 Å². The van der Waals surface area contributed by atoms with Gasteiger partial charge in [0.2, 0.25) is 5.75 Å². The Balaban J connectivity index is 2.26. The molecule has 0 saturated heterocycles. The first kappa shape index (κ1) is 17.2. The molecular formula is C19H20N2O3. The van der Waals surface area contributed by atoms with Crippen LogP contribution < -0.4 is 19.5 Å². The van der Waals surface area contributed by atoms with Crippen molar-refractivity contribution in [1.82, 2.24) is 0 Å². The van der Waals surface area contributed by atoms with Gasteiger partial charge >= 0.3 is 0 Å². The largest absolute Gasteiger partial charge is 0.493 e. The van der Waals surface area contributed by atoms with Crippen molar-refractivity contribution in [2.75, 3.05) is 26.6 Å². The molecule has 0 heterocycles. The smallest absolute Gasteiger partial charge is 0.203 e. The molecule has 0 amide bonds. The molecule has 0 atom stereocenters. The van der Waals surface area contributed by atoms with Crippen LogP contribution in [0.1, 0.15) is 5.56 Å². The fourth-order valence-corrected chi connectivity index (χ4v) is 2.34. The third kappa shape index (κ3) is 3.99. The molecule has 5 heteroatoms. The molecule has 1 N–H and O–H groups in total. The second-order valence-corrected chi connectivity index (χ2v) is 4.96. The van der Waals surface area contributed by atoms with E-state index in [1.165, 1.54) is 0 Å². The zero-order chi connectivity index (χ0) is 17.4.